The lowest BCUT2D eigenvalue weighted by Gasteiger charge is -2.36. The van der Waals surface area contributed by atoms with Crippen molar-refractivity contribution in [2.24, 2.45) is 0 Å². The molecule has 2 amide bonds. The number of carbonyl (C=O) groups is 2. The highest BCUT2D eigenvalue weighted by molar-refractivity contribution is 5.98. The number of rotatable bonds is 7. The largest absolute Gasteiger partial charge is 0.369 e. The molecule has 0 aromatic heterocycles. The van der Waals surface area contributed by atoms with Gasteiger partial charge in [-0.05, 0) is 43.2 Å². The van der Waals surface area contributed by atoms with E-state index >= 15 is 0 Å². The van der Waals surface area contributed by atoms with Gasteiger partial charge in [0.05, 0.1) is 0 Å². The summed E-state index contributed by atoms with van der Waals surface area (Å²) in [6.45, 7) is 5.99. The van der Waals surface area contributed by atoms with Gasteiger partial charge < -0.3 is 20.3 Å². The highest BCUT2D eigenvalue weighted by atomic mass is 16.5. The molecule has 2 aliphatic rings. The van der Waals surface area contributed by atoms with Crippen molar-refractivity contribution in [3.63, 3.8) is 0 Å². The maximum absolute atomic E-state index is 12.5. The van der Waals surface area contributed by atoms with Gasteiger partial charge in [0.15, 0.2) is 0 Å². The first-order valence-corrected chi connectivity index (χ1v) is 11.0. The first-order chi connectivity index (χ1) is 15.2. The van der Waals surface area contributed by atoms with Crippen molar-refractivity contribution >= 4 is 23.2 Å². The molecule has 1 unspecified atom stereocenters. The van der Waals surface area contributed by atoms with E-state index in [-0.39, 0.29) is 17.9 Å². The van der Waals surface area contributed by atoms with Crippen molar-refractivity contribution in [2.45, 2.75) is 18.9 Å². The second kappa shape index (κ2) is 10.4. The van der Waals surface area contributed by atoms with E-state index < -0.39 is 0 Å². The standard InChI is InChI=1S/C24H30N4O3/c29-23(19-6-4-7-20(18-19)26-24(30)22-10-5-17-31-22)25-11-12-27-13-15-28(16-14-27)21-8-2-1-3-9-21/h1-4,6-9,18,22H,5,10-17H2,(H,25,29)(H,26,30). The molecule has 0 spiro atoms. The molecular weight excluding hydrogens is 392 g/mol. The lowest BCUT2D eigenvalue weighted by molar-refractivity contribution is -0.124. The fourth-order valence-electron chi connectivity index (χ4n) is 4.04. The minimum Gasteiger partial charge on any atom is -0.369 e. The van der Waals surface area contributed by atoms with E-state index in [1.54, 1.807) is 24.3 Å². The Labute approximate surface area is 183 Å². The van der Waals surface area contributed by atoms with Gasteiger partial charge in [-0.1, -0.05) is 24.3 Å². The first kappa shape index (κ1) is 21.3. The number of nitrogens with zero attached hydrogens (tertiary/aromatic N) is 2. The summed E-state index contributed by atoms with van der Waals surface area (Å²) >= 11 is 0. The third-order valence-electron chi connectivity index (χ3n) is 5.82. The minimum atomic E-state index is -0.389. The molecule has 2 heterocycles. The Kier molecular flexibility index (Phi) is 7.17. The average molecular weight is 423 g/mol. The molecule has 0 aliphatic carbocycles. The van der Waals surface area contributed by atoms with Crippen LogP contribution >= 0.6 is 0 Å². The lowest BCUT2D eigenvalue weighted by atomic mass is 10.1. The normalized spacial score (nSPS) is 19.2. The molecule has 2 aliphatic heterocycles. The molecule has 1 atom stereocenters. The summed E-state index contributed by atoms with van der Waals surface area (Å²) in [5.74, 6) is -0.277. The Morgan fingerprint density at radius 1 is 1.00 bits per heavy atom. The Bertz CT molecular complexity index is 875. The number of para-hydroxylation sites is 1. The first-order valence-electron chi connectivity index (χ1n) is 11.0. The summed E-state index contributed by atoms with van der Waals surface area (Å²) in [4.78, 5) is 29.5. The lowest BCUT2D eigenvalue weighted by Crippen LogP contribution is -2.48. The third-order valence-corrected chi connectivity index (χ3v) is 5.82. The van der Waals surface area contributed by atoms with Crippen LogP contribution < -0.4 is 15.5 Å². The van der Waals surface area contributed by atoms with Gasteiger partial charge in [0.2, 0.25) is 0 Å². The van der Waals surface area contributed by atoms with Crippen LogP contribution in [0.15, 0.2) is 54.6 Å². The van der Waals surface area contributed by atoms with Crippen molar-refractivity contribution in [1.29, 1.82) is 0 Å². The van der Waals surface area contributed by atoms with E-state index in [2.05, 4.69) is 44.7 Å². The van der Waals surface area contributed by atoms with Crippen molar-refractivity contribution in [1.82, 2.24) is 10.2 Å². The maximum atomic E-state index is 12.5. The molecule has 0 bridgehead atoms. The van der Waals surface area contributed by atoms with E-state index in [9.17, 15) is 9.59 Å². The summed E-state index contributed by atoms with van der Waals surface area (Å²) in [7, 11) is 0. The van der Waals surface area contributed by atoms with Crippen molar-refractivity contribution < 1.29 is 14.3 Å². The second-order valence-corrected chi connectivity index (χ2v) is 7.99. The second-order valence-electron chi connectivity index (χ2n) is 7.99. The molecule has 4 rings (SSSR count). The molecular formula is C24H30N4O3. The smallest absolute Gasteiger partial charge is 0.253 e. The molecule has 2 aromatic carbocycles. The third kappa shape index (κ3) is 5.83. The van der Waals surface area contributed by atoms with E-state index in [0.29, 0.717) is 24.4 Å². The molecule has 0 saturated carbocycles. The van der Waals surface area contributed by atoms with Crippen LogP contribution in [-0.2, 0) is 9.53 Å². The van der Waals surface area contributed by atoms with Crippen LogP contribution in [0.5, 0.6) is 0 Å². The Morgan fingerprint density at radius 2 is 1.81 bits per heavy atom. The van der Waals surface area contributed by atoms with Crippen LogP contribution in [0.2, 0.25) is 0 Å². The summed E-state index contributed by atoms with van der Waals surface area (Å²) < 4.78 is 5.41. The Balaban J connectivity index is 1.20. The summed E-state index contributed by atoms with van der Waals surface area (Å²) in [6.07, 6.45) is 1.26. The molecule has 7 heteroatoms. The molecule has 164 valence electrons. The topological polar surface area (TPSA) is 73.9 Å². The van der Waals surface area contributed by atoms with Gasteiger partial charge in [-0.3, -0.25) is 14.5 Å². The molecule has 31 heavy (non-hydrogen) atoms. The van der Waals surface area contributed by atoms with E-state index in [0.717, 1.165) is 45.6 Å². The number of carbonyl (C=O) groups excluding carboxylic acids is 2. The van der Waals surface area contributed by atoms with Gasteiger partial charge in [-0.15, -0.1) is 0 Å². The zero-order valence-corrected chi connectivity index (χ0v) is 17.8. The van der Waals surface area contributed by atoms with E-state index in [1.807, 2.05) is 6.07 Å². The number of amides is 2. The van der Waals surface area contributed by atoms with Crippen LogP contribution in [0.4, 0.5) is 11.4 Å². The summed E-state index contributed by atoms with van der Waals surface area (Å²) in [5.41, 5.74) is 2.42. The van der Waals surface area contributed by atoms with Gasteiger partial charge in [0, 0.05) is 62.8 Å². The number of benzene rings is 2. The molecule has 2 N–H and O–H groups in total. The Morgan fingerprint density at radius 3 is 2.55 bits per heavy atom. The minimum absolute atomic E-state index is 0.129. The SMILES string of the molecule is O=C(NCCN1CCN(c2ccccc2)CC1)c1cccc(NC(=O)C2CCCO2)c1. The quantitative estimate of drug-likeness (QED) is 0.717. The number of piperazine rings is 1. The van der Waals surface area contributed by atoms with Gasteiger partial charge in [-0.2, -0.15) is 0 Å². The monoisotopic (exact) mass is 422 g/mol. The molecule has 7 nitrogen and oxygen atoms in total. The van der Waals surface area contributed by atoms with Gasteiger partial charge in [0.25, 0.3) is 11.8 Å². The predicted molar refractivity (Wildman–Crippen MR) is 121 cm³/mol. The zero-order chi connectivity index (χ0) is 21.5. The fourth-order valence-corrected chi connectivity index (χ4v) is 4.04. The number of ether oxygens (including phenoxy) is 1. The van der Waals surface area contributed by atoms with Crippen LogP contribution in [0.1, 0.15) is 23.2 Å². The number of nitrogens with one attached hydrogen (secondary N) is 2. The van der Waals surface area contributed by atoms with Crippen LogP contribution in [0.3, 0.4) is 0 Å². The average Bonchev–Trinajstić information content (AvgIpc) is 3.36. The highest BCUT2D eigenvalue weighted by Crippen LogP contribution is 2.17. The van der Waals surface area contributed by atoms with Crippen molar-refractivity contribution in [2.75, 3.05) is 56.1 Å². The predicted octanol–water partition coefficient (Wildman–Crippen LogP) is 2.36. The van der Waals surface area contributed by atoms with Gasteiger partial charge >= 0.3 is 0 Å². The zero-order valence-electron chi connectivity index (χ0n) is 17.8. The maximum Gasteiger partial charge on any atom is 0.253 e. The summed E-state index contributed by atoms with van der Waals surface area (Å²) in [6, 6.07) is 17.5. The molecule has 2 fully saturated rings. The number of anilines is 2. The summed E-state index contributed by atoms with van der Waals surface area (Å²) in [5, 5.41) is 5.84. The van der Waals surface area contributed by atoms with Gasteiger partial charge in [0.1, 0.15) is 6.10 Å². The molecule has 0 radical (unpaired) electrons. The Hall–Kier alpha value is -2.90. The van der Waals surface area contributed by atoms with Crippen molar-refractivity contribution in [3.8, 4) is 0 Å². The van der Waals surface area contributed by atoms with Crippen LogP contribution in [0, 0.1) is 0 Å². The number of hydrogen-bond acceptors (Lipinski definition) is 5. The number of hydrogen-bond donors (Lipinski definition) is 2. The van der Waals surface area contributed by atoms with E-state index in [1.165, 1.54) is 5.69 Å². The fraction of sp³-hybridized carbons (Fsp3) is 0.417. The van der Waals surface area contributed by atoms with Crippen LogP contribution in [-0.4, -0.2) is 68.7 Å². The molecule has 2 aromatic rings. The van der Waals surface area contributed by atoms with Crippen LogP contribution in [0.25, 0.3) is 0 Å². The van der Waals surface area contributed by atoms with Crippen molar-refractivity contribution in [3.05, 3.63) is 60.2 Å². The van der Waals surface area contributed by atoms with Gasteiger partial charge in [-0.25, -0.2) is 0 Å². The molecule has 2 saturated heterocycles. The highest BCUT2D eigenvalue weighted by Gasteiger charge is 2.23. The van der Waals surface area contributed by atoms with E-state index in [4.69, 9.17) is 4.74 Å².